The lowest BCUT2D eigenvalue weighted by atomic mass is 10.0. The maximum absolute atomic E-state index is 13.4. The maximum Gasteiger partial charge on any atom is 0.163 e. The molecule has 0 saturated carbocycles. The van der Waals surface area contributed by atoms with E-state index in [1.807, 2.05) is 55.5 Å². The third kappa shape index (κ3) is 4.16. The van der Waals surface area contributed by atoms with Crippen molar-refractivity contribution in [2.45, 2.75) is 13.5 Å². The maximum atomic E-state index is 13.4. The van der Waals surface area contributed by atoms with Crippen molar-refractivity contribution in [3.63, 3.8) is 0 Å². The smallest absolute Gasteiger partial charge is 0.163 e. The molecule has 5 rings (SSSR count). The van der Waals surface area contributed by atoms with Crippen LogP contribution in [0.5, 0.6) is 0 Å². The van der Waals surface area contributed by atoms with Gasteiger partial charge in [0.05, 0.1) is 17.8 Å². The molecule has 6 heteroatoms. The number of nitrogens with one attached hydrogen (secondary N) is 1. The fourth-order valence-corrected chi connectivity index (χ4v) is 3.58. The van der Waals surface area contributed by atoms with Crippen LogP contribution in [0.4, 0.5) is 10.2 Å². The van der Waals surface area contributed by atoms with E-state index in [2.05, 4.69) is 15.3 Å². The molecular formula is C26H20FN5. The molecule has 0 radical (unpaired) electrons. The molecule has 0 fully saturated rings. The van der Waals surface area contributed by atoms with Gasteiger partial charge in [-0.2, -0.15) is 0 Å². The fraction of sp³-hybridized carbons (Fsp3) is 0.0769. The van der Waals surface area contributed by atoms with Crippen molar-refractivity contribution >= 4 is 16.7 Å². The molecule has 3 heterocycles. The molecular weight excluding hydrogens is 401 g/mol. The van der Waals surface area contributed by atoms with Gasteiger partial charge in [-0.1, -0.05) is 24.3 Å². The average molecular weight is 421 g/mol. The number of anilines is 1. The van der Waals surface area contributed by atoms with Gasteiger partial charge in [0.1, 0.15) is 11.6 Å². The highest BCUT2D eigenvalue weighted by atomic mass is 19.1. The summed E-state index contributed by atoms with van der Waals surface area (Å²) in [7, 11) is 0. The Labute approximate surface area is 185 Å². The molecule has 32 heavy (non-hydrogen) atoms. The second kappa shape index (κ2) is 8.51. The van der Waals surface area contributed by atoms with Gasteiger partial charge in [0.2, 0.25) is 0 Å². The first-order valence-electron chi connectivity index (χ1n) is 10.3. The largest absolute Gasteiger partial charge is 0.364 e. The molecule has 0 aliphatic heterocycles. The summed E-state index contributed by atoms with van der Waals surface area (Å²) in [6.45, 7) is 2.50. The van der Waals surface area contributed by atoms with Crippen LogP contribution in [-0.4, -0.2) is 19.9 Å². The van der Waals surface area contributed by atoms with Crippen LogP contribution in [0.25, 0.3) is 33.4 Å². The molecule has 3 aromatic heterocycles. The van der Waals surface area contributed by atoms with Crippen LogP contribution >= 0.6 is 0 Å². The van der Waals surface area contributed by atoms with E-state index in [1.165, 1.54) is 12.1 Å². The van der Waals surface area contributed by atoms with E-state index in [0.717, 1.165) is 39.0 Å². The third-order valence-electron chi connectivity index (χ3n) is 5.18. The highest BCUT2D eigenvalue weighted by Crippen LogP contribution is 2.30. The van der Waals surface area contributed by atoms with Crippen molar-refractivity contribution in [3.05, 3.63) is 102 Å². The van der Waals surface area contributed by atoms with Gasteiger partial charge in [-0.15, -0.1) is 0 Å². The number of aryl methyl sites for hydroxylation is 1. The molecule has 0 amide bonds. The lowest BCUT2D eigenvalue weighted by molar-refractivity contribution is 0.628. The molecule has 0 aliphatic rings. The first kappa shape index (κ1) is 19.8. The quantitative estimate of drug-likeness (QED) is 0.388. The van der Waals surface area contributed by atoms with Crippen LogP contribution in [-0.2, 0) is 6.54 Å². The van der Waals surface area contributed by atoms with Gasteiger partial charge in [-0.3, -0.25) is 9.97 Å². The first-order valence-corrected chi connectivity index (χ1v) is 10.3. The highest BCUT2D eigenvalue weighted by Gasteiger charge is 2.12. The van der Waals surface area contributed by atoms with Crippen molar-refractivity contribution in [1.82, 2.24) is 19.9 Å². The molecule has 0 bridgehead atoms. The summed E-state index contributed by atoms with van der Waals surface area (Å²) in [6, 6.07) is 22.2. The zero-order valence-electron chi connectivity index (χ0n) is 17.5. The summed E-state index contributed by atoms with van der Waals surface area (Å²) in [5, 5.41) is 4.32. The number of pyridine rings is 2. The summed E-state index contributed by atoms with van der Waals surface area (Å²) >= 11 is 0. The Morgan fingerprint density at radius 3 is 2.44 bits per heavy atom. The van der Waals surface area contributed by atoms with Gasteiger partial charge in [0.15, 0.2) is 5.82 Å². The molecule has 0 aliphatic carbocycles. The van der Waals surface area contributed by atoms with E-state index in [4.69, 9.17) is 9.97 Å². The number of benzene rings is 2. The van der Waals surface area contributed by atoms with Crippen molar-refractivity contribution in [1.29, 1.82) is 0 Å². The second-order valence-electron chi connectivity index (χ2n) is 7.50. The Morgan fingerprint density at radius 1 is 0.812 bits per heavy atom. The van der Waals surface area contributed by atoms with Crippen molar-refractivity contribution in [3.8, 4) is 22.5 Å². The SMILES string of the molecule is Cc1cccc(CNc2nc(-c3cccnc3)nc3ccc(-c4ccc(F)cc4)cc23)n1. The van der Waals surface area contributed by atoms with Crippen molar-refractivity contribution in [2.75, 3.05) is 5.32 Å². The van der Waals surface area contributed by atoms with Crippen LogP contribution in [0.15, 0.2) is 85.2 Å². The topological polar surface area (TPSA) is 63.6 Å². The zero-order valence-corrected chi connectivity index (χ0v) is 17.5. The summed E-state index contributed by atoms with van der Waals surface area (Å²) < 4.78 is 13.4. The third-order valence-corrected chi connectivity index (χ3v) is 5.18. The minimum Gasteiger partial charge on any atom is -0.364 e. The van der Waals surface area contributed by atoms with Crippen molar-refractivity contribution < 1.29 is 4.39 Å². The van der Waals surface area contributed by atoms with Gasteiger partial charge < -0.3 is 5.32 Å². The molecule has 0 saturated heterocycles. The molecule has 156 valence electrons. The second-order valence-corrected chi connectivity index (χ2v) is 7.50. The first-order chi connectivity index (χ1) is 15.7. The highest BCUT2D eigenvalue weighted by molar-refractivity contribution is 5.94. The van der Waals surface area contributed by atoms with Crippen LogP contribution < -0.4 is 5.32 Å². The molecule has 5 nitrogen and oxygen atoms in total. The minimum absolute atomic E-state index is 0.257. The van der Waals surface area contributed by atoms with Crippen LogP contribution in [0.2, 0.25) is 0 Å². The Bertz CT molecular complexity index is 1390. The predicted molar refractivity (Wildman–Crippen MR) is 124 cm³/mol. The lowest BCUT2D eigenvalue weighted by Crippen LogP contribution is -2.06. The fourth-order valence-electron chi connectivity index (χ4n) is 3.58. The molecule has 0 atom stereocenters. The monoisotopic (exact) mass is 421 g/mol. The lowest BCUT2D eigenvalue weighted by Gasteiger charge is -2.12. The van der Waals surface area contributed by atoms with Crippen LogP contribution in [0.3, 0.4) is 0 Å². The Morgan fingerprint density at radius 2 is 1.66 bits per heavy atom. The van der Waals surface area contributed by atoms with E-state index in [9.17, 15) is 4.39 Å². The molecule has 5 aromatic rings. The predicted octanol–water partition coefficient (Wildman–Crippen LogP) is 5.81. The molecule has 2 aromatic carbocycles. The van der Waals surface area contributed by atoms with Gasteiger partial charge in [-0.25, -0.2) is 14.4 Å². The van der Waals surface area contributed by atoms with Crippen molar-refractivity contribution in [2.24, 2.45) is 0 Å². The van der Waals surface area contributed by atoms with Gasteiger partial charge in [-0.05, 0) is 66.6 Å². The van der Waals surface area contributed by atoms with Crippen LogP contribution in [0, 0.1) is 12.7 Å². The minimum atomic E-state index is -0.257. The Kier molecular flexibility index (Phi) is 5.25. The number of rotatable bonds is 5. The zero-order chi connectivity index (χ0) is 21.9. The van der Waals surface area contributed by atoms with Crippen LogP contribution in [0.1, 0.15) is 11.4 Å². The molecule has 0 unspecified atom stereocenters. The number of fused-ring (bicyclic) bond motifs is 1. The van der Waals surface area contributed by atoms with E-state index in [-0.39, 0.29) is 5.82 Å². The standard InChI is InChI=1S/C26H20FN5/c1-17-4-2-6-22(30-17)16-29-26-23-14-19(18-7-10-21(27)11-8-18)9-12-24(23)31-25(32-26)20-5-3-13-28-15-20/h2-15H,16H2,1H3,(H,29,31,32). The van der Waals surface area contributed by atoms with Gasteiger partial charge in [0.25, 0.3) is 0 Å². The summed E-state index contributed by atoms with van der Waals surface area (Å²) in [5.41, 5.74) is 5.43. The number of hydrogen-bond acceptors (Lipinski definition) is 5. The molecule has 1 N–H and O–H groups in total. The Balaban J connectivity index is 1.60. The summed E-state index contributed by atoms with van der Waals surface area (Å²) in [6.07, 6.45) is 3.47. The summed E-state index contributed by atoms with van der Waals surface area (Å²) in [4.78, 5) is 18.3. The number of halogens is 1. The van der Waals surface area contributed by atoms with E-state index in [1.54, 1.807) is 24.5 Å². The normalized spacial score (nSPS) is 10.9. The summed E-state index contributed by atoms with van der Waals surface area (Å²) in [5.74, 6) is 1.05. The molecule has 0 spiro atoms. The Hall–Kier alpha value is -4.19. The number of hydrogen-bond donors (Lipinski definition) is 1. The van der Waals surface area contributed by atoms with E-state index < -0.39 is 0 Å². The van der Waals surface area contributed by atoms with E-state index in [0.29, 0.717) is 18.2 Å². The number of aromatic nitrogens is 4. The van der Waals surface area contributed by atoms with Gasteiger partial charge >= 0.3 is 0 Å². The van der Waals surface area contributed by atoms with E-state index >= 15 is 0 Å². The average Bonchev–Trinajstić information content (AvgIpc) is 2.83. The van der Waals surface area contributed by atoms with Gasteiger partial charge in [0, 0.05) is 29.0 Å². The number of nitrogens with zero attached hydrogens (tertiary/aromatic N) is 4.